The maximum absolute atomic E-state index is 9.32. The first-order valence-corrected chi connectivity index (χ1v) is 12.1. The summed E-state index contributed by atoms with van der Waals surface area (Å²) in [5.74, 6) is 1.09. The Balaban J connectivity index is 2.58. The number of ether oxygens (including phenoxy) is 1. The van der Waals surface area contributed by atoms with Gasteiger partial charge in [0.1, 0.15) is 23.3 Å². The van der Waals surface area contributed by atoms with Crippen LogP contribution in [0.15, 0.2) is 23.4 Å². The Bertz CT molecular complexity index is 776. The molecule has 2 atom stereocenters. The van der Waals surface area contributed by atoms with E-state index in [1.165, 1.54) is 0 Å². The predicted molar refractivity (Wildman–Crippen MR) is 109 cm³/mol. The summed E-state index contributed by atoms with van der Waals surface area (Å²) in [5, 5.41) is 25.1. The van der Waals surface area contributed by atoms with Gasteiger partial charge in [0.25, 0.3) is 0 Å². The molecule has 2 rings (SSSR count). The van der Waals surface area contributed by atoms with Crippen LogP contribution in [0, 0.1) is 11.3 Å². The molecule has 2 N–H and O–H groups in total. The third-order valence-electron chi connectivity index (χ3n) is 5.58. The topological polar surface area (TPSA) is 86.9 Å². The smallest absolute Gasteiger partial charge is 0.192 e. The van der Waals surface area contributed by atoms with Crippen LogP contribution in [0.4, 0.5) is 0 Å². The lowest BCUT2D eigenvalue weighted by atomic mass is 9.86. The van der Waals surface area contributed by atoms with Crippen molar-refractivity contribution < 1.29 is 14.4 Å². The molecule has 0 fully saturated rings. The third kappa shape index (κ3) is 4.28. The number of amidine groups is 1. The SMILES string of the molecule is C/C(=N\O)N[C@H]1c2cc(C#N)ccc2OC(C)(C)[C@@H]1O[Si](C)(C)C(C)(C)C. The molecule has 0 saturated heterocycles. The molecule has 0 unspecified atom stereocenters. The lowest BCUT2D eigenvalue weighted by Gasteiger charge is -2.50. The molecule has 0 saturated carbocycles. The van der Waals surface area contributed by atoms with E-state index < -0.39 is 13.9 Å². The van der Waals surface area contributed by atoms with E-state index in [2.05, 4.69) is 50.4 Å². The number of nitrogens with zero attached hydrogens (tertiary/aromatic N) is 2. The lowest BCUT2D eigenvalue weighted by Crippen LogP contribution is -2.59. The molecular formula is C20H31N3O3Si. The third-order valence-corrected chi connectivity index (χ3v) is 10.0. The van der Waals surface area contributed by atoms with Gasteiger partial charge in [-0.25, -0.2) is 0 Å². The van der Waals surface area contributed by atoms with Gasteiger partial charge in [-0.15, -0.1) is 0 Å². The minimum Gasteiger partial charge on any atom is -0.485 e. The second kappa shape index (κ2) is 7.17. The van der Waals surface area contributed by atoms with Crippen molar-refractivity contribution in [1.29, 1.82) is 5.26 Å². The summed E-state index contributed by atoms with van der Waals surface area (Å²) in [6, 6.07) is 7.25. The van der Waals surface area contributed by atoms with Crippen molar-refractivity contribution in [3.8, 4) is 11.8 Å². The molecule has 7 heteroatoms. The number of oxime groups is 1. The number of benzene rings is 1. The maximum Gasteiger partial charge on any atom is 0.192 e. The van der Waals surface area contributed by atoms with Gasteiger partial charge in [-0.3, -0.25) is 0 Å². The zero-order valence-electron chi connectivity index (χ0n) is 17.5. The fourth-order valence-electron chi connectivity index (χ4n) is 2.97. The van der Waals surface area contributed by atoms with E-state index in [-0.39, 0.29) is 17.2 Å². The van der Waals surface area contributed by atoms with Gasteiger partial charge in [0.05, 0.1) is 17.7 Å². The van der Waals surface area contributed by atoms with Crippen LogP contribution in [0.3, 0.4) is 0 Å². The largest absolute Gasteiger partial charge is 0.485 e. The number of hydrogen-bond donors (Lipinski definition) is 2. The fourth-order valence-corrected chi connectivity index (χ4v) is 4.38. The van der Waals surface area contributed by atoms with Crippen molar-refractivity contribution in [2.75, 3.05) is 0 Å². The Labute approximate surface area is 163 Å². The number of hydrogen-bond acceptors (Lipinski definition) is 5. The summed E-state index contributed by atoms with van der Waals surface area (Å²) in [4.78, 5) is 0. The Morgan fingerprint density at radius 1 is 1.37 bits per heavy atom. The molecule has 0 radical (unpaired) electrons. The van der Waals surface area contributed by atoms with Gasteiger partial charge < -0.3 is 19.7 Å². The number of rotatable bonds is 3. The highest BCUT2D eigenvalue weighted by atomic mass is 28.4. The monoisotopic (exact) mass is 389 g/mol. The van der Waals surface area contributed by atoms with Gasteiger partial charge in [-0.2, -0.15) is 5.26 Å². The van der Waals surface area contributed by atoms with Crippen LogP contribution in [0.2, 0.25) is 18.1 Å². The maximum atomic E-state index is 9.32. The summed E-state index contributed by atoms with van der Waals surface area (Å²) < 4.78 is 13.1. The summed E-state index contributed by atoms with van der Waals surface area (Å²) in [6.45, 7) is 16.7. The Kier molecular flexibility index (Phi) is 5.65. The van der Waals surface area contributed by atoms with E-state index in [1.807, 2.05) is 26.0 Å². The van der Waals surface area contributed by atoms with E-state index in [4.69, 9.17) is 9.16 Å². The molecule has 1 aliphatic rings. The van der Waals surface area contributed by atoms with Crippen molar-refractivity contribution in [2.24, 2.45) is 5.16 Å². The molecule has 0 spiro atoms. The zero-order valence-corrected chi connectivity index (χ0v) is 18.5. The minimum absolute atomic E-state index is 0.0303. The van der Waals surface area contributed by atoms with E-state index in [9.17, 15) is 10.5 Å². The molecule has 148 valence electrons. The standard InChI is InChI=1S/C20H31N3O3Si/c1-13(23-24)22-17-15-11-14(12-21)9-10-16(15)25-20(5,6)18(17)26-27(7,8)19(2,3)4/h9-11,17-18,24H,1-8H3,(H,22,23)/t17-,18+/m0/s1. The van der Waals surface area contributed by atoms with Crippen molar-refractivity contribution in [1.82, 2.24) is 5.32 Å². The second-order valence-corrected chi connectivity index (χ2v) is 13.9. The molecule has 1 aliphatic heterocycles. The summed E-state index contributed by atoms with van der Waals surface area (Å²) in [7, 11) is -2.11. The van der Waals surface area contributed by atoms with Crippen LogP contribution in [0.25, 0.3) is 0 Å². The lowest BCUT2D eigenvalue weighted by molar-refractivity contribution is -0.0534. The quantitative estimate of drug-likeness (QED) is 0.260. The summed E-state index contributed by atoms with van der Waals surface area (Å²) in [6.07, 6.45) is -0.323. The van der Waals surface area contributed by atoms with Gasteiger partial charge in [0, 0.05) is 5.56 Å². The molecule has 1 heterocycles. The molecule has 6 nitrogen and oxygen atoms in total. The predicted octanol–water partition coefficient (Wildman–Crippen LogP) is 4.56. The van der Waals surface area contributed by atoms with Gasteiger partial charge in [0.2, 0.25) is 0 Å². The van der Waals surface area contributed by atoms with Gasteiger partial charge in [-0.1, -0.05) is 25.9 Å². The number of nitrogens with one attached hydrogen (secondary N) is 1. The van der Waals surface area contributed by atoms with Crippen molar-refractivity contribution in [3.63, 3.8) is 0 Å². The Morgan fingerprint density at radius 3 is 2.52 bits per heavy atom. The van der Waals surface area contributed by atoms with E-state index in [1.54, 1.807) is 13.0 Å². The van der Waals surface area contributed by atoms with Crippen LogP contribution in [0.5, 0.6) is 5.75 Å². The molecular weight excluding hydrogens is 358 g/mol. The van der Waals surface area contributed by atoms with Crippen molar-refractivity contribution >= 4 is 14.2 Å². The first-order chi connectivity index (χ1) is 12.3. The molecule has 27 heavy (non-hydrogen) atoms. The van der Waals surface area contributed by atoms with Crippen molar-refractivity contribution in [2.45, 2.75) is 77.4 Å². The van der Waals surface area contributed by atoms with Crippen LogP contribution in [-0.4, -0.2) is 31.1 Å². The fraction of sp³-hybridized carbons (Fsp3) is 0.600. The van der Waals surface area contributed by atoms with Crippen LogP contribution < -0.4 is 10.1 Å². The van der Waals surface area contributed by atoms with Gasteiger partial charge >= 0.3 is 0 Å². The highest BCUT2D eigenvalue weighted by molar-refractivity contribution is 6.74. The normalized spacial score (nSPS) is 22.4. The Morgan fingerprint density at radius 2 is 2.00 bits per heavy atom. The number of fused-ring (bicyclic) bond motifs is 1. The summed E-state index contributed by atoms with van der Waals surface area (Å²) >= 11 is 0. The molecule has 0 aromatic heterocycles. The average Bonchev–Trinajstić information content (AvgIpc) is 2.56. The second-order valence-electron chi connectivity index (χ2n) is 9.18. The van der Waals surface area contributed by atoms with Crippen LogP contribution in [-0.2, 0) is 4.43 Å². The number of nitriles is 1. The van der Waals surface area contributed by atoms with Gasteiger partial charge in [0.15, 0.2) is 8.32 Å². The highest BCUT2D eigenvalue weighted by Crippen LogP contribution is 2.46. The zero-order chi connectivity index (χ0) is 20.6. The molecule has 0 amide bonds. The molecule has 1 aromatic rings. The van der Waals surface area contributed by atoms with E-state index in [0.717, 1.165) is 5.56 Å². The van der Waals surface area contributed by atoms with Crippen LogP contribution in [0.1, 0.15) is 58.7 Å². The molecule has 1 aromatic carbocycles. The van der Waals surface area contributed by atoms with Gasteiger partial charge in [-0.05, 0) is 57.1 Å². The first-order valence-electron chi connectivity index (χ1n) is 9.18. The van der Waals surface area contributed by atoms with Crippen LogP contribution >= 0.6 is 0 Å². The Hall–Kier alpha value is -2.04. The van der Waals surface area contributed by atoms with Crippen molar-refractivity contribution in [3.05, 3.63) is 29.3 Å². The molecule has 0 aliphatic carbocycles. The summed E-state index contributed by atoms with van der Waals surface area (Å²) in [5.41, 5.74) is 0.776. The molecule has 0 bridgehead atoms. The first kappa shape index (κ1) is 21.3. The minimum atomic E-state index is -2.11. The highest BCUT2D eigenvalue weighted by Gasteiger charge is 2.50. The van der Waals surface area contributed by atoms with E-state index >= 15 is 0 Å². The average molecular weight is 390 g/mol. The van der Waals surface area contributed by atoms with E-state index in [0.29, 0.717) is 17.1 Å².